The maximum Gasteiger partial charge on any atom is 0.326 e. The first kappa shape index (κ1) is 31.0. The molecule has 1 aromatic heterocycles. The molecule has 0 saturated heterocycles. The molecular weight excluding hydrogens is 526 g/mol. The van der Waals surface area contributed by atoms with Crippen molar-refractivity contribution in [3.63, 3.8) is 0 Å². The summed E-state index contributed by atoms with van der Waals surface area (Å²) in [6, 6.07) is 13.8. The second-order valence-corrected chi connectivity index (χ2v) is 9.95. The molecule has 1 heterocycles. The topological polar surface area (TPSA) is 188 Å². The van der Waals surface area contributed by atoms with Crippen molar-refractivity contribution < 1.29 is 24.6 Å². The predicted molar refractivity (Wildman–Crippen MR) is 153 cm³/mol. The van der Waals surface area contributed by atoms with Gasteiger partial charge in [-0.2, -0.15) is 0 Å². The lowest BCUT2D eigenvalue weighted by Gasteiger charge is -2.15. The molecule has 41 heavy (non-hydrogen) atoms. The van der Waals surface area contributed by atoms with E-state index < -0.39 is 24.0 Å². The molecule has 0 saturated carbocycles. The number of nitrogens with two attached hydrogens (primary N) is 1. The fourth-order valence-corrected chi connectivity index (χ4v) is 4.33. The largest absolute Gasteiger partial charge is 0.508 e. The number of H-pyrrole nitrogens is 1. The van der Waals surface area contributed by atoms with E-state index in [1.54, 1.807) is 55.5 Å². The molecule has 0 aliphatic carbocycles. The van der Waals surface area contributed by atoms with Gasteiger partial charge in [-0.3, -0.25) is 19.4 Å². The van der Waals surface area contributed by atoms with Crippen molar-refractivity contribution in [1.82, 2.24) is 20.6 Å². The molecule has 3 rings (SSSR count). The number of amides is 2. The minimum absolute atomic E-state index is 0.0674. The molecule has 3 aromatic rings. The Morgan fingerprint density at radius 1 is 0.976 bits per heavy atom. The van der Waals surface area contributed by atoms with Gasteiger partial charge in [0, 0.05) is 31.5 Å². The number of aromatic hydroxyl groups is 1. The zero-order valence-corrected chi connectivity index (χ0v) is 23.1. The van der Waals surface area contributed by atoms with Crippen LogP contribution >= 0.6 is 0 Å². The average Bonchev–Trinajstić information content (AvgIpc) is 2.94. The molecule has 0 spiro atoms. The molecule has 7 N–H and O–H groups in total. The number of hydrogen-bond acceptors (Lipinski definition) is 7. The number of carboxylic acid groups (broad SMARTS) is 1. The summed E-state index contributed by atoms with van der Waals surface area (Å²) in [4.78, 5) is 56.1. The fraction of sp³-hybridized carbons (Fsp3) is 0.367. The van der Waals surface area contributed by atoms with Gasteiger partial charge in [0.15, 0.2) is 0 Å². The lowest BCUT2D eigenvalue weighted by atomic mass is 10.1. The van der Waals surface area contributed by atoms with Crippen molar-refractivity contribution in [2.24, 2.45) is 5.73 Å². The molecule has 2 atom stereocenters. The molecule has 0 aliphatic heterocycles. The van der Waals surface area contributed by atoms with Gasteiger partial charge in [-0.1, -0.05) is 42.5 Å². The first-order valence-corrected chi connectivity index (χ1v) is 13.6. The number of carbonyl (C=O) groups excluding carboxylic acids is 2. The third kappa shape index (κ3) is 10.2. The molecule has 2 unspecified atom stereocenters. The zero-order valence-electron chi connectivity index (χ0n) is 23.1. The van der Waals surface area contributed by atoms with Gasteiger partial charge in [-0.15, -0.1) is 0 Å². The summed E-state index contributed by atoms with van der Waals surface area (Å²) in [5.74, 6) is -1.70. The Kier molecular flexibility index (Phi) is 11.6. The van der Waals surface area contributed by atoms with Crippen LogP contribution in [0.15, 0.2) is 59.4 Å². The number of rotatable bonds is 15. The van der Waals surface area contributed by atoms with Crippen molar-refractivity contribution in [2.75, 3.05) is 6.54 Å². The Balaban J connectivity index is 1.41. The van der Waals surface area contributed by atoms with Crippen LogP contribution in [-0.2, 0) is 40.1 Å². The van der Waals surface area contributed by atoms with Crippen LogP contribution in [0.1, 0.15) is 47.5 Å². The molecule has 0 fully saturated rings. The van der Waals surface area contributed by atoms with E-state index in [1.807, 2.05) is 6.07 Å². The molecule has 2 aromatic carbocycles. The number of hydrogen-bond donors (Lipinski definition) is 6. The van der Waals surface area contributed by atoms with E-state index in [1.165, 1.54) is 0 Å². The number of unbranched alkanes of at least 4 members (excludes halogenated alkanes) is 1. The second-order valence-electron chi connectivity index (χ2n) is 9.95. The second kappa shape index (κ2) is 15.3. The normalized spacial score (nSPS) is 12.3. The fourth-order valence-electron chi connectivity index (χ4n) is 4.33. The van der Waals surface area contributed by atoms with Crippen LogP contribution in [0.2, 0.25) is 0 Å². The van der Waals surface area contributed by atoms with E-state index in [2.05, 4.69) is 20.6 Å². The molecule has 2 amide bonds. The van der Waals surface area contributed by atoms with Crippen molar-refractivity contribution in [3.8, 4) is 5.75 Å². The van der Waals surface area contributed by atoms with Crippen LogP contribution in [0.3, 0.4) is 0 Å². The van der Waals surface area contributed by atoms with Crippen LogP contribution in [0.4, 0.5) is 0 Å². The average molecular weight is 564 g/mol. The number of aryl methyl sites for hydroxylation is 3. The van der Waals surface area contributed by atoms with E-state index in [4.69, 9.17) is 5.73 Å². The predicted octanol–water partition coefficient (Wildman–Crippen LogP) is 1.54. The van der Waals surface area contributed by atoms with Gasteiger partial charge in [0.2, 0.25) is 11.8 Å². The smallest absolute Gasteiger partial charge is 0.326 e. The molecular formula is C30H37N5O6. The van der Waals surface area contributed by atoms with E-state index in [0.29, 0.717) is 43.6 Å². The van der Waals surface area contributed by atoms with E-state index in [0.717, 1.165) is 11.1 Å². The Labute approximate surface area is 238 Å². The monoisotopic (exact) mass is 563 g/mol. The quantitative estimate of drug-likeness (QED) is 0.150. The summed E-state index contributed by atoms with van der Waals surface area (Å²) in [6.45, 7) is 2.22. The Hall–Kier alpha value is -4.51. The highest BCUT2D eigenvalue weighted by Gasteiger charge is 2.21. The highest BCUT2D eigenvalue weighted by atomic mass is 16.4. The van der Waals surface area contributed by atoms with Crippen molar-refractivity contribution in [2.45, 2.75) is 64.0 Å². The third-order valence-corrected chi connectivity index (χ3v) is 6.65. The number of nitrogens with one attached hydrogen (secondary N) is 3. The van der Waals surface area contributed by atoms with Gasteiger partial charge in [0.05, 0.1) is 11.7 Å². The number of benzene rings is 2. The van der Waals surface area contributed by atoms with Crippen LogP contribution in [0, 0.1) is 6.92 Å². The Bertz CT molecular complexity index is 1370. The third-order valence-electron chi connectivity index (χ3n) is 6.65. The Morgan fingerprint density at radius 2 is 1.66 bits per heavy atom. The molecule has 11 nitrogen and oxygen atoms in total. The number of carboxylic acids is 1. The van der Waals surface area contributed by atoms with Gasteiger partial charge in [-0.25, -0.2) is 4.79 Å². The van der Waals surface area contributed by atoms with Crippen LogP contribution in [0.25, 0.3) is 0 Å². The van der Waals surface area contributed by atoms with Gasteiger partial charge in [0.25, 0.3) is 5.56 Å². The number of phenols is 1. The summed E-state index contributed by atoms with van der Waals surface area (Å²) < 4.78 is 0. The number of aromatic amines is 1. The van der Waals surface area contributed by atoms with Crippen LogP contribution < -0.4 is 21.9 Å². The van der Waals surface area contributed by atoms with E-state index in [9.17, 15) is 29.4 Å². The molecule has 218 valence electrons. The first-order chi connectivity index (χ1) is 19.6. The number of aliphatic carboxylic acids is 1. The minimum atomic E-state index is -1.13. The molecule has 0 radical (unpaired) electrons. The molecule has 0 aliphatic rings. The summed E-state index contributed by atoms with van der Waals surface area (Å²) in [7, 11) is 0. The number of carbonyl (C=O) groups is 3. The summed E-state index contributed by atoms with van der Waals surface area (Å²) in [5, 5.41) is 24.2. The van der Waals surface area contributed by atoms with Crippen molar-refractivity contribution in [1.29, 1.82) is 0 Å². The van der Waals surface area contributed by atoms with Gasteiger partial charge in [0.1, 0.15) is 17.5 Å². The summed E-state index contributed by atoms with van der Waals surface area (Å²) in [5.41, 5.74) is 8.79. The number of phenolic OH excluding ortho intramolecular Hbond substituents is 1. The number of aromatic nitrogens is 2. The molecule has 11 heteroatoms. The van der Waals surface area contributed by atoms with Gasteiger partial charge >= 0.3 is 5.97 Å². The zero-order chi connectivity index (χ0) is 29.8. The maximum atomic E-state index is 12.6. The highest BCUT2D eigenvalue weighted by Crippen LogP contribution is 2.11. The van der Waals surface area contributed by atoms with E-state index in [-0.39, 0.29) is 42.2 Å². The lowest BCUT2D eigenvalue weighted by Crippen LogP contribution is -2.42. The number of nitrogens with zero attached hydrogens (tertiary/aromatic N) is 1. The van der Waals surface area contributed by atoms with Crippen LogP contribution in [0.5, 0.6) is 5.75 Å². The van der Waals surface area contributed by atoms with Gasteiger partial charge in [-0.05, 0) is 55.9 Å². The highest BCUT2D eigenvalue weighted by molar-refractivity contribution is 5.84. The van der Waals surface area contributed by atoms with Crippen molar-refractivity contribution >= 4 is 17.8 Å². The summed E-state index contributed by atoms with van der Waals surface area (Å²) >= 11 is 0. The van der Waals surface area contributed by atoms with Crippen LogP contribution in [-0.4, -0.2) is 56.6 Å². The maximum absolute atomic E-state index is 12.6. The standard InChI is InChI=1S/C30H37N5O6/c1-19-24(9-5-6-16-32-28(38)23(31)17-21-10-12-22(36)13-11-21)35-29(39)25(33-19)14-15-27(37)34-26(30(40)41)18-20-7-3-2-4-8-20/h2-4,7-8,10-13,23,26,36H,5-6,9,14-18,31H2,1H3,(H,32,38)(H,34,37)(H,35,39)(H,40,41). The lowest BCUT2D eigenvalue weighted by molar-refractivity contribution is -0.141. The first-order valence-electron chi connectivity index (χ1n) is 13.6. The van der Waals surface area contributed by atoms with E-state index >= 15 is 0 Å². The Morgan fingerprint density at radius 3 is 2.34 bits per heavy atom. The SMILES string of the molecule is Cc1nc(CCC(=O)NC(Cc2ccccc2)C(=O)O)c(=O)[nH]c1CCCCNC(=O)C(N)Cc1ccc(O)cc1. The summed E-state index contributed by atoms with van der Waals surface area (Å²) in [6.07, 6.45) is 2.47. The van der Waals surface area contributed by atoms with Gasteiger partial charge < -0.3 is 31.6 Å². The minimum Gasteiger partial charge on any atom is -0.508 e. The molecule has 0 bridgehead atoms. The van der Waals surface area contributed by atoms with Crippen molar-refractivity contribution in [3.05, 3.63) is 93.2 Å².